The van der Waals surface area contributed by atoms with E-state index < -0.39 is 24.5 Å². The van der Waals surface area contributed by atoms with Crippen molar-refractivity contribution in [2.45, 2.75) is 32.3 Å². The van der Waals surface area contributed by atoms with Crippen molar-refractivity contribution in [3.63, 3.8) is 0 Å². The van der Waals surface area contributed by atoms with Crippen LogP contribution in [0.1, 0.15) is 13.8 Å². The number of likely N-dealkylation sites (N-methyl/N-ethyl adjacent to an activating group) is 1. The molecular formula is C15H22N6O4. The SMILES string of the molecule is C/C=C/CN1C(=O)C2C(NC3N(CC(=O)O)N=C(C)CN23)N(C)C1=O. The number of fused-ring (bicyclic) bond motifs is 3. The predicted octanol–water partition coefficient (Wildman–Crippen LogP) is -0.884. The van der Waals surface area contributed by atoms with E-state index in [-0.39, 0.29) is 25.0 Å². The highest BCUT2D eigenvalue weighted by Crippen LogP contribution is 2.29. The Labute approximate surface area is 145 Å². The summed E-state index contributed by atoms with van der Waals surface area (Å²) in [6.07, 6.45) is 2.47. The van der Waals surface area contributed by atoms with Crippen molar-refractivity contribution in [1.82, 2.24) is 25.0 Å². The summed E-state index contributed by atoms with van der Waals surface area (Å²) in [4.78, 5) is 41.2. The second kappa shape index (κ2) is 6.45. The molecule has 3 unspecified atom stereocenters. The third-order valence-electron chi connectivity index (χ3n) is 4.57. The first-order chi connectivity index (χ1) is 11.8. The Morgan fingerprint density at radius 2 is 2.16 bits per heavy atom. The average molecular weight is 350 g/mol. The molecule has 0 aromatic carbocycles. The van der Waals surface area contributed by atoms with Gasteiger partial charge in [-0.2, -0.15) is 5.10 Å². The van der Waals surface area contributed by atoms with Crippen LogP contribution in [0.5, 0.6) is 0 Å². The van der Waals surface area contributed by atoms with E-state index in [1.165, 1.54) is 14.8 Å². The van der Waals surface area contributed by atoms with E-state index in [1.807, 2.05) is 11.8 Å². The monoisotopic (exact) mass is 350 g/mol. The second-order valence-corrected chi connectivity index (χ2v) is 6.34. The highest BCUT2D eigenvalue weighted by molar-refractivity contribution is 6.01. The van der Waals surface area contributed by atoms with Gasteiger partial charge in [-0.1, -0.05) is 12.2 Å². The van der Waals surface area contributed by atoms with E-state index in [4.69, 9.17) is 5.11 Å². The first-order valence-electron chi connectivity index (χ1n) is 8.08. The van der Waals surface area contributed by atoms with Gasteiger partial charge in [0, 0.05) is 25.8 Å². The van der Waals surface area contributed by atoms with Gasteiger partial charge in [0.15, 0.2) is 6.29 Å². The molecule has 2 N–H and O–H groups in total. The summed E-state index contributed by atoms with van der Waals surface area (Å²) in [6, 6.07) is -0.959. The van der Waals surface area contributed by atoms with Crippen LogP contribution in [0.25, 0.3) is 0 Å². The number of hydrogen-bond acceptors (Lipinski definition) is 7. The number of aliphatic carboxylic acids is 1. The quantitative estimate of drug-likeness (QED) is 0.634. The molecule has 2 saturated heterocycles. The summed E-state index contributed by atoms with van der Waals surface area (Å²) >= 11 is 0. The fourth-order valence-corrected chi connectivity index (χ4v) is 3.49. The Balaban J connectivity index is 1.91. The number of hydrogen-bond donors (Lipinski definition) is 2. The normalized spacial score (nSPS) is 30.0. The van der Waals surface area contributed by atoms with E-state index in [0.29, 0.717) is 12.3 Å². The topological polar surface area (TPSA) is 109 Å². The van der Waals surface area contributed by atoms with Crippen LogP contribution in [0.4, 0.5) is 4.79 Å². The molecule has 0 spiro atoms. The first kappa shape index (κ1) is 17.4. The van der Waals surface area contributed by atoms with Gasteiger partial charge in [0.25, 0.3) is 5.91 Å². The van der Waals surface area contributed by atoms with Crippen molar-refractivity contribution in [3.05, 3.63) is 12.2 Å². The van der Waals surface area contributed by atoms with Crippen LogP contribution < -0.4 is 5.32 Å². The zero-order valence-electron chi connectivity index (χ0n) is 14.4. The minimum absolute atomic E-state index is 0.214. The Hall–Kier alpha value is -2.46. The van der Waals surface area contributed by atoms with E-state index in [1.54, 1.807) is 26.1 Å². The Bertz CT molecular complexity index is 662. The van der Waals surface area contributed by atoms with Crippen molar-refractivity contribution < 1.29 is 19.5 Å². The Morgan fingerprint density at radius 1 is 1.44 bits per heavy atom. The third-order valence-corrected chi connectivity index (χ3v) is 4.57. The van der Waals surface area contributed by atoms with Crippen LogP contribution in [0.3, 0.4) is 0 Å². The van der Waals surface area contributed by atoms with Crippen molar-refractivity contribution >= 4 is 23.6 Å². The minimum Gasteiger partial charge on any atom is -0.480 e. The highest BCUT2D eigenvalue weighted by atomic mass is 16.4. The molecule has 3 rings (SSSR count). The molecule has 0 aliphatic carbocycles. The average Bonchev–Trinajstić information content (AvgIpc) is 2.92. The number of nitrogens with zero attached hydrogens (tertiary/aromatic N) is 5. The highest BCUT2D eigenvalue weighted by Gasteiger charge is 2.56. The molecule has 3 aliphatic heterocycles. The van der Waals surface area contributed by atoms with Gasteiger partial charge in [-0.3, -0.25) is 24.8 Å². The predicted molar refractivity (Wildman–Crippen MR) is 88.3 cm³/mol. The number of carbonyl (C=O) groups is 3. The molecule has 3 aliphatic rings. The van der Waals surface area contributed by atoms with Gasteiger partial charge in [-0.25, -0.2) is 9.69 Å². The lowest BCUT2D eigenvalue weighted by atomic mass is 10.1. The molecule has 136 valence electrons. The van der Waals surface area contributed by atoms with Crippen LogP contribution in [0.2, 0.25) is 0 Å². The fourth-order valence-electron chi connectivity index (χ4n) is 3.49. The first-order valence-corrected chi connectivity index (χ1v) is 8.08. The molecule has 10 nitrogen and oxygen atoms in total. The molecule has 0 bridgehead atoms. The van der Waals surface area contributed by atoms with Gasteiger partial charge >= 0.3 is 12.0 Å². The number of hydrazone groups is 1. The number of rotatable bonds is 4. The van der Waals surface area contributed by atoms with Crippen molar-refractivity contribution in [3.8, 4) is 0 Å². The number of carboxylic acids is 1. The van der Waals surface area contributed by atoms with Gasteiger partial charge in [0.05, 0.1) is 0 Å². The van der Waals surface area contributed by atoms with Gasteiger partial charge in [-0.05, 0) is 13.8 Å². The zero-order valence-corrected chi connectivity index (χ0v) is 14.4. The lowest BCUT2D eigenvalue weighted by molar-refractivity contribution is -0.141. The summed E-state index contributed by atoms with van der Waals surface area (Å²) in [6.45, 7) is 3.97. The number of imide groups is 1. The zero-order chi connectivity index (χ0) is 18.3. The molecule has 0 saturated carbocycles. The number of urea groups is 1. The fraction of sp³-hybridized carbons (Fsp3) is 0.600. The van der Waals surface area contributed by atoms with Gasteiger partial charge in [0.2, 0.25) is 0 Å². The summed E-state index contributed by atoms with van der Waals surface area (Å²) in [5.74, 6) is -1.30. The minimum atomic E-state index is -1.01. The van der Waals surface area contributed by atoms with Gasteiger partial charge < -0.3 is 10.0 Å². The number of amides is 3. The van der Waals surface area contributed by atoms with E-state index in [2.05, 4.69) is 10.4 Å². The lowest BCUT2D eigenvalue weighted by Gasteiger charge is -2.42. The summed E-state index contributed by atoms with van der Waals surface area (Å²) in [5.41, 5.74) is 0.715. The molecular weight excluding hydrogens is 328 g/mol. The number of carbonyl (C=O) groups excluding carboxylic acids is 2. The Morgan fingerprint density at radius 3 is 2.80 bits per heavy atom. The van der Waals surface area contributed by atoms with E-state index >= 15 is 0 Å². The van der Waals surface area contributed by atoms with Crippen molar-refractivity contribution in [2.75, 3.05) is 26.7 Å². The smallest absolute Gasteiger partial charge is 0.328 e. The van der Waals surface area contributed by atoms with E-state index in [0.717, 1.165) is 0 Å². The second-order valence-electron chi connectivity index (χ2n) is 6.34. The summed E-state index contributed by atoms with van der Waals surface area (Å²) < 4.78 is 0. The van der Waals surface area contributed by atoms with Crippen molar-refractivity contribution in [1.29, 1.82) is 0 Å². The summed E-state index contributed by atoms with van der Waals surface area (Å²) in [7, 11) is 1.63. The largest absolute Gasteiger partial charge is 0.480 e. The van der Waals surface area contributed by atoms with Crippen molar-refractivity contribution in [2.24, 2.45) is 5.10 Å². The third kappa shape index (κ3) is 2.87. The maximum absolute atomic E-state index is 12.9. The molecule has 0 radical (unpaired) electrons. The van der Waals surface area contributed by atoms with Crippen LogP contribution in [0, 0.1) is 0 Å². The van der Waals surface area contributed by atoms with Gasteiger partial charge in [0.1, 0.15) is 18.8 Å². The molecule has 3 amide bonds. The Kier molecular flexibility index (Phi) is 4.48. The number of allylic oxidation sites excluding steroid dienone is 1. The molecule has 10 heteroatoms. The molecule has 3 heterocycles. The van der Waals surface area contributed by atoms with Crippen LogP contribution in [0.15, 0.2) is 17.3 Å². The molecule has 0 aromatic heterocycles. The van der Waals surface area contributed by atoms with Gasteiger partial charge in [-0.15, -0.1) is 0 Å². The van der Waals surface area contributed by atoms with Crippen LogP contribution in [-0.4, -0.2) is 93.6 Å². The number of nitrogens with one attached hydrogen (secondary N) is 1. The maximum Gasteiger partial charge on any atom is 0.328 e. The maximum atomic E-state index is 12.9. The van der Waals surface area contributed by atoms with E-state index in [9.17, 15) is 14.4 Å². The standard InChI is InChI=1S/C15H22N6O4/c1-4-5-6-19-13(24)11-12(18(3)15(19)25)16-14-20(11)7-9(2)17-21(14)8-10(22)23/h4-5,11-12,14,16H,6-8H2,1-3H3,(H,22,23)/b5-4+. The summed E-state index contributed by atoms with van der Waals surface area (Å²) in [5, 5.41) is 18.0. The lowest BCUT2D eigenvalue weighted by Crippen LogP contribution is -2.66. The molecule has 3 atom stereocenters. The van der Waals surface area contributed by atoms with Crippen LogP contribution >= 0.6 is 0 Å². The molecule has 25 heavy (non-hydrogen) atoms. The molecule has 2 fully saturated rings. The molecule has 0 aromatic rings. The number of carboxylic acid groups (broad SMARTS) is 1. The van der Waals surface area contributed by atoms with Crippen LogP contribution in [-0.2, 0) is 9.59 Å².